The molecular formula is C24H21N7O4S. The van der Waals surface area contributed by atoms with Crippen molar-refractivity contribution in [1.29, 1.82) is 0 Å². The second kappa shape index (κ2) is 11.7. The zero-order valence-electron chi connectivity index (χ0n) is 19.1. The molecule has 11 nitrogen and oxygen atoms in total. The van der Waals surface area contributed by atoms with Crippen LogP contribution in [0.25, 0.3) is 17.1 Å². The van der Waals surface area contributed by atoms with Gasteiger partial charge in [-0.1, -0.05) is 11.8 Å². The number of amides is 1. The van der Waals surface area contributed by atoms with E-state index < -0.39 is 4.92 Å². The normalized spacial score (nSPS) is 10.9. The molecule has 0 fully saturated rings. The van der Waals surface area contributed by atoms with Crippen LogP contribution in [-0.2, 0) is 4.79 Å². The number of nitrogens with one attached hydrogen (secondary N) is 1. The number of carbonyl (C=O) groups is 1. The molecule has 0 bridgehead atoms. The molecule has 0 radical (unpaired) electrons. The number of aromatic nitrogens is 4. The minimum absolute atomic E-state index is 0.0186. The summed E-state index contributed by atoms with van der Waals surface area (Å²) in [6.07, 6.45) is 4.79. The summed E-state index contributed by atoms with van der Waals surface area (Å²) in [5, 5.41) is 23.8. The summed E-state index contributed by atoms with van der Waals surface area (Å²) in [5.74, 6) is 1.03. The van der Waals surface area contributed by atoms with Crippen LogP contribution in [0.3, 0.4) is 0 Å². The van der Waals surface area contributed by atoms with E-state index in [1.54, 1.807) is 24.5 Å². The number of non-ortho nitro benzene ring substituents is 1. The molecule has 0 spiro atoms. The highest BCUT2D eigenvalue weighted by Crippen LogP contribution is 2.28. The van der Waals surface area contributed by atoms with Crippen molar-refractivity contribution < 1.29 is 14.5 Å². The van der Waals surface area contributed by atoms with Gasteiger partial charge in [0.25, 0.3) is 11.6 Å². The summed E-state index contributed by atoms with van der Waals surface area (Å²) < 4.78 is 7.39. The topological polar surface area (TPSA) is 137 Å². The van der Waals surface area contributed by atoms with Crippen LogP contribution in [0.2, 0.25) is 0 Å². The summed E-state index contributed by atoms with van der Waals surface area (Å²) >= 11 is 1.21. The van der Waals surface area contributed by atoms with Gasteiger partial charge in [0.2, 0.25) is 0 Å². The van der Waals surface area contributed by atoms with E-state index in [1.165, 1.54) is 30.1 Å². The van der Waals surface area contributed by atoms with Crippen molar-refractivity contribution in [2.24, 2.45) is 5.10 Å². The molecule has 2 aromatic heterocycles. The van der Waals surface area contributed by atoms with Gasteiger partial charge in [0.05, 0.1) is 23.5 Å². The van der Waals surface area contributed by atoms with Gasteiger partial charge in [-0.05, 0) is 61.0 Å². The van der Waals surface area contributed by atoms with Crippen molar-refractivity contribution in [2.45, 2.75) is 12.1 Å². The average molecular weight is 504 g/mol. The number of ether oxygens (including phenoxy) is 1. The number of thioether (sulfide) groups is 1. The molecule has 0 atom stereocenters. The SMILES string of the molecule is CCOc1ccc(-n2c(SCC(=O)N/N=C/c3ccc([N+](=O)[O-])cc3)nnc2-c2cccnc2)cc1. The highest BCUT2D eigenvalue weighted by atomic mass is 32.2. The maximum absolute atomic E-state index is 12.4. The van der Waals surface area contributed by atoms with Gasteiger partial charge in [-0.3, -0.25) is 24.5 Å². The smallest absolute Gasteiger partial charge is 0.269 e. The number of hydrogen-bond donors (Lipinski definition) is 1. The van der Waals surface area contributed by atoms with E-state index in [2.05, 4.69) is 25.7 Å². The fourth-order valence-electron chi connectivity index (χ4n) is 3.16. The molecule has 0 aliphatic carbocycles. The largest absolute Gasteiger partial charge is 0.494 e. The summed E-state index contributed by atoms with van der Waals surface area (Å²) in [6, 6.07) is 17.0. The number of carbonyl (C=O) groups excluding carboxylic acids is 1. The lowest BCUT2D eigenvalue weighted by molar-refractivity contribution is -0.384. The van der Waals surface area contributed by atoms with E-state index in [0.717, 1.165) is 17.0 Å². The molecule has 0 unspecified atom stereocenters. The van der Waals surface area contributed by atoms with Crippen LogP contribution in [0, 0.1) is 10.1 Å². The van der Waals surface area contributed by atoms with Gasteiger partial charge >= 0.3 is 0 Å². The number of nitrogens with zero attached hydrogens (tertiary/aromatic N) is 6. The molecule has 12 heteroatoms. The second-order valence-corrected chi connectivity index (χ2v) is 8.18. The first-order chi connectivity index (χ1) is 17.5. The van der Waals surface area contributed by atoms with E-state index >= 15 is 0 Å². The summed E-state index contributed by atoms with van der Waals surface area (Å²) in [7, 11) is 0. The lowest BCUT2D eigenvalue weighted by Gasteiger charge is -2.11. The quantitative estimate of drug-likeness (QED) is 0.149. The Morgan fingerprint density at radius 2 is 1.94 bits per heavy atom. The predicted molar refractivity (Wildman–Crippen MR) is 135 cm³/mol. The molecule has 4 aromatic rings. The molecule has 2 aromatic carbocycles. The minimum atomic E-state index is -0.480. The van der Waals surface area contributed by atoms with Gasteiger partial charge in [-0.15, -0.1) is 10.2 Å². The van der Waals surface area contributed by atoms with Gasteiger partial charge < -0.3 is 4.74 Å². The van der Waals surface area contributed by atoms with E-state index in [4.69, 9.17) is 4.74 Å². The van der Waals surface area contributed by atoms with Crippen LogP contribution < -0.4 is 10.2 Å². The zero-order valence-corrected chi connectivity index (χ0v) is 20.0. The maximum atomic E-state index is 12.4. The number of nitro groups is 1. The van der Waals surface area contributed by atoms with Gasteiger partial charge in [0.15, 0.2) is 11.0 Å². The Balaban J connectivity index is 1.47. The van der Waals surface area contributed by atoms with E-state index in [0.29, 0.717) is 23.2 Å². The van der Waals surface area contributed by atoms with Crippen molar-refractivity contribution in [3.8, 4) is 22.8 Å². The number of pyridine rings is 1. The van der Waals surface area contributed by atoms with E-state index in [1.807, 2.05) is 47.9 Å². The Hall–Kier alpha value is -4.58. The van der Waals surface area contributed by atoms with Crippen LogP contribution in [0.1, 0.15) is 12.5 Å². The highest BCUT2D eigenvalue weighted by molar-refractivity contribution is 7.99. The first-order valence-electron chi connectivity index (χ1n) is 10.8. The molecule has 0 aliphatic heterocycles. The Morgan fingerprint density at radius 1 is 1.17 bits per heavy atom. The van der Waals surface area contributed by atoms with Gasteiger partial charge in [0.1, 0.15) is 5.75 Å². The van der Waals surface area contributed by atoms with Crippen LogP contribution in [0.5, 0.6) is 5.75 Å². The van der Waals surface area contributed by atoms with Gasteiger partial charge in [-0.2, -0.15) is 5.10 Å². The van der Waals surface area contributed by atoms with Gasteiger partial charge in [0, 0.05) is 35.8 Å². The molecule has 1 N–H and O–H groups in total. The molecule has 2 heterocycles. The Labute approximate surface area is 210 Å². The molecule has 36 heavy (non-hydrogen) atoms. The molecule has 182 valence electrons. The molecule has 0 saturated heterocycles. The first-order valence-corrected chi connectivity index (χ1v) is 11.8. The van der Waals surface area contributed by atoms with E-state index in [9.17, 15) is 14.9 Å². The highest BCUT2D eigenvalue weighted by Gasteiger charge is 2.17. The number of rotatable bonds is 10. The summed E-state index contributed by atoms with van der Waals surface area (Å²) in [4.78, 5) is 26.8. The molecular weight excluding hydrogens is 482 g/mol. The second-order valence-electron chi connectivity index (χ2n) is 7.24. The lowest BCUT2D eigenvalue weighted by atomic mass is 10.2. The Morgan fingerprint density at radius 3 is 2.61 bits per heavy atom. The molecule has 0 aliphatic rings. The summed E-state index contributed by atoms with van der Waals surface area (Å²) in [6.45, 7) is 2.49. The van der Waals surface area contributed by atoms with Crippen molar-refractivity contribution >= 4 is 29.6 Å². The van der Waals surface area contributed by atoms with Crippen LogP contribution in [0.15, 0.2) is 83.3 Å². The summed E-state index contributed by atoms with van der Waals surface area (Å²) in [5.41, 5.74) is 4.63. The maximum Gasteiger partial charge on any atom is 0.269 e. The fourth-order valence-corrected chi connectivity index (χ4v) is 3.90. The van der Waals surface area contributed by atoms with Crippen molar-refractivity contribution in [3.63, 3.8) is 0 Å². The Bertz CT molecular complexity index is 1360. The number of hydrogen-bond acceptors (Lipinski definition) is 9. The average Bonchev–Trinajstić information content (AvgIpc) is 3.33. The van der Waals surface area contributed by atoms with Gasteiger partial charge in [-0.25, -0.2) is 5.43 Å². The first kappa shape index (κ1) is 24.5. The van der Waals surface area contributed by atoms with Crippen LogP contribution in [0.4, 0.5) is 5.69 Å². The van der Waals surface area contributed by atoms with Crippen LogP contribution >= 0.6 is 11.8 Å². The third kappa shape index (κ3) is 6.10. The van der Waals surface area contributed by atoms with Crippen molar-refractivity contribution in [2.75, 3.05) is 12.4 Å². The predicted octanol–water partition coefficient (Wildman–Crippen LogP) is 3.88. The standard InChI is InChI=1S/C24H21N7O4S/c1-2-35-21-11-9-19(10-12-21)30-23(18-4-3-13-25-15-18)28-29-24(30)36-16-22(32)27-26-14-17-5-7-20(8-6-17)31(33)34/h3-15H,2,16H2,1H3,(H,27,32)/b26-14+. The minimum Gasteiger partial charge on any atom is -0.494 e. The van der Waals surface area contributed by atoms with Crippen molar-refractivity contribution in [1.82, 2.24) is 25.2 Å². The van der Waals surface area contributed by atoms with E-state index in [-0.39, 0.29) is 17.3 Å². The monoisotopic (exact) mass is 503 g/mol. The Kier molecular flexibility index (Phi) is 7.98. The molecule has 4 rings (SSSR count). The zero-order chi connectivity index (χ0) is 25.3. The number of benzene rings is 2. The van der Waals surface area contributed by atoms with Crippen LogP contribution in [-0.4, -0.2) is 49.2 Å². The lowest BCUT2D eigenvalue weighted by Crippen LogP contribution is -2.20. The molecule has 1 amide bonds. The fraction of sp³-hybridized carbons (Fsp3) is 0.125. The third-order valence-electron chi connectivity index (χ3n) is 4.80. The number of nitro benzene ring substituents is 1. The van der Waals surface area contributed by atoms with Crippen molar-refractivity contribution in [3.05, 3.63) is 88.7 Å². The number of hydrazone groups is 1. The third-order valence-corrected chi connectivity index (χ3v) is 5.73. The molecule has 0 saturated carbocycles.